The fourth-order valence-electron chi connectivity index (χ4n) is 1.91. The van der Waals surface area contributed by atoms with Gasteiger partial charge in [0.2, 0.25) is 0 Å². The van der Waals surface area contributed by atoms with Crippen molar-refractivity contribution in [2.75, 3.05) is 0 Å². The van der Waals surface area contributed by atoms with Gasteiger partial charge in [-0.1, -0.05) is 47.5 Å². The second-order valence-electron chi connectivity index (χ2n) is 5.03. The molecule has 0 N–H and O–H groups in total. The Hall–Kier alpha value is -0.177. The first-order valence-corrected chi connectivity index (χ1v) is 10.7. The molecule has 0 heterocycles. The van der Waals surface area contributed by atoms with Crippen LogP contribution in [-0.2, 0) is 31.3 Å². The molecule has 0 amide bonds. The van der Waals surface area contributed by atoms with Crippen molar-refractivity contribution >= 4 is 28.9 Å². The number of rotatable bonds is 4. The normalized spacial score (nSPS) is 13.1. The molecule has 0 aliphatic rings. The van der Waals surface area contributed by atoms with E-state index in [1.165, 1.54) is 0 Å². The minimum Gasteiger partial charge on any atom is -0.783 e. The molecule has 0 saturated carbocycles. The van der Waals surface area contributed by atoms with Crippen LogP contribution in [0.25, 0.3) is 0 Å². The third-order valence-electron chi connectivity index (χ3n) is 3.53. The van der Waals surface area contributed by atoms with Gasteiger partial charge >= 0.3 is 0 Å². The van der Waals surface area contributed by atoms with Crippen molar-refractivity contribution in [2.45, 2.75) is 32.6 Å². The predicted molar refractivity (Wildman–Crippen MR) is 92.6 cm³/mol. The molecule has 0 aliphatic heterocycles. The Morgan fingerprint density at radius 2 is 1.50 bits per heavy atom. The van der Waals surface area contributed by atoms with Crippen LogP contribution in [0.3, 0.4) is 0 Å². The second kappa shape index (κ2) is 8.08. The van der Waals surface area contributed by atoms with Gasteiger partial charge in [0.05, 0.1) is 0 Å². The van der Waals surface area contributed by atoms with Gasteiger partial charge in [-0.3, -0.25) is 0 Å². The molecule has 0 aliphatic carbocycles. The van der Waals surface area contributed by atoms with E-state index < -0.39 is 5.69 Å². The van der Waals surface area contributed by atoms with Crippen LogP contribution in [0.15, 0.2) is 41.3 Å². The molecule has 0 bridgehead atoms. The van der Waals surface area contributed by atoms with Gasteiger partial charge < -0.3 is 9.42 Å². The largest absolute Gasteiger partial charge is 0.783 e. The fraction of sp³-hybridized carbons (Fsp3) is 0.250. The van der Waals surface area contributed by atoms with Crippen molar-refractivity contribution in [3.63, 3.8) is 0 Å². The van der Waals surface area contributed by atoms with Gasteiger partial charge in [-0.05, 0) is 62.1 Å². The third-order valence-corrected chi connectivity index (χ3v) is 7.19. The van der Waals surface area contributed by atoms with Crippen LogP contribution < -0.4 is 9.42 Å². The number of hydrogen-bond donors (Lipinski definition) is 0. The standard InChI is InChI=1S/C16H19O2PS2.Zn/c1-11-7-5-9-15(13(11)3)18-19(17,20)21-16-10-6-8-12(2)14(16)4;/h5-10H,1-4H3,(H,17,20);/p-1. The molecule has 1 unspecified atom stereocenters. The zero-order valence-electron chi connectivity index (χ0n) is 13.3. The van der Waals surface area contributed by atoms with E-state index in [1.807, 2.05) is 64.1 Å². The van der Waals surface area contributed by atoms with Crippen LogP contribution in [0.5, 0.6) is 5.75 Å². The Labute approximate surface area is 154 Å². The van der Waals surface area contributed by atoms with Crippen LogP contribution in [-0.4, -0.2) is 0 Å². The summed E-state index contributed by atoms with van der Waals surface area (Å²) in [6.07, 6.45) is 0. The molecular formula is C16H18O2PS2Zn-. The van der Waals surface area contributed by atoms with Crippen LogP contribution in [0.1, 0.15) is 22.3 Å². The van der Waals surface area contributed by atoms with Crippen molar-refractivity contribution in [3.8, 4) is 5.75 Å². The molecule has 6 heteroatoms. The molecule has 114 valence electrons. The first kappa shape index (κ1) is 19.9. The van der Waals surface area contributed by atoms with Crippen molar-refractivity contribution < 1.29 is 28.9 Å². The molecular weight excluding hydrogens is 385 g/mol. The first-order chi connectivity index (χ1) is 9.80. The summed E-state index contributed by atoms with van der Waals surface area (Å²) in [7, 11) is 0. The maximum Gasteiger partial charge on any atom is 0.126 e. The number of benzene rings is 2. The average molecular weight is 403 g/mol. The molecule has 0 fully saturated rings. The van der Waals surface area contributed by atoms with Gasteiger partial charge in [-0.2, -0.15) is 0 Å². The summed E-state index contributed by atoms with van der Waals surface area (Å²) in [6, 6.07) is 11.6. The second-order valence-corrected chi connectivity index (χ2v) is 10.9. The monoisotopic (exact) mass is 401 g/mol. The maximum absolute atomic E-state index is 12.6. The third kappa shape index (κ3) is 4.91. The molecule has 0 saturated heterocycles. The minimum absolute atomic E-state index is 0. The molecule has 0 aromatic heterocycles. The zero-order chi connectivity index (χ0) is 15.6. The van der Waals surface area contributed by atoms with E-state index in [0.717, 1.165) is 38.5 Å². The van der Waals surface area contributed by atoms with Crippen LogP contribution in [0.2, 0.25) is 0 Å². The average Bonchev–Trinajstić information content (AvgIpc) is 2.40. The van der Waals surface area contributed by atoms with Crippen molar-refractivity contribution in [2.24, 2.45) is 0 Å². The molecule has 2 aromatic rings. The topological polar surface area (TPSA) is 32.3 Å². The van der Waals surface area contributed by atoms with Gasteiger partial charge in [0.25, 0.3) is 0 Å². The van der Waals surface area contributed by atoms with Gasteiger partial charge in [0, 0.05) is 24.4 Å². The molecule has 1 atom stereocenters. The van der Waals surface area contributed by atoms with E-state index in [0.29, 0.717) is 5.75 Å². The zero-order valence-corrected chi connectivity index (χ0v) is 18.7. The van der Waals surface area contributed by atoms with Crippen molar-refractivity contribution in [1.82, 2.24) is 0 Å². The Morgan fingerprint density at radius 1 is 0.955 bits per heavy atom. The fourth-order valence-corrected chi connectivity index (χ4v) is 5.69. The van der Waals surface area contributed by atoms with E-state index in [4.69, 9.17) is 16.3 Å². The summed E-state index contributed by atoms with van der Waals surface area (Å²) >= 11 is 6.35. The van der Waals surface area contributed by atoms with Gasteiger partial charge in [0.15, 0.2) is 0 Å². The number of aryl methyl sites for hydroxylation is 2. The van der Waals surface area contributed by atoms with Gasteiger partial charge in [0.1, 0.15) is 11.4 Å². The van der Waals surface area contributed by atoms with Crippen LogP contribution in [0.4, 0.5) is 0 Å². The van der Waals surface area contributed by atoms with E-state index in [1.54, 1.807) is 0 Å². The van der Waals surface area contributed by atoms with E-state index >= 15 is 0 Å². The smallest absolute Gasteiger partial charge is 0.126 e. The predicted octanol–water partition coefficient (Wildman–Crippen LogP) is 4.67. The quantitative estimate of drug-likeness (QED) is 0.549. The van der Waals surface area contributed by atoms with Crippen LogP contribution >= 0.6 is 17.1 Å². The maximum atomic E-state index is 12.6. The first-order valence-electron chi connectivity index (χ1n) is 6.63. The molecule has 0 radical (unpaired) electrons. The van der Waals surface area contributed by atoms with Gasteiger partial charge in [-0.15, -0.1) is 0 Å². The summed E-state index contributed by atoms with van der Waals surface area (Å²) in [5.74, 6) is 0.603. The number of hydrogen-bond acceptors (Lipinski definition) is 4. The minimum atomic E-state index is -3.23. The van der Waals surface area contributed by atoms with Gasteiger partial charge in [-0.25, -0.2) is 0 Å². The summed E-state index contributed by atoms with van der Waals surface area (Å²) in [5.41, 5.74) is 1.09. The van der Waals surface area contributed by atoms with E-state index in [9.17, 15) is 4.89 Å². The van der Waals surface area contributed by atoms with E-state index in [-0.39, 0.29) is 19.5 Å². The Balaban J connectivity index is 0.00000242. The Morgan fingerprint density at radius 3 is 2.14 bits per heavy atom. The van der Waals surface area contributed by atoms with E-state index in [2.05, 4.69) is 0 Å². The molecule has 2 aromatic carbocycles. The summed E-state index contributed by atoms with van der Waals surface area (Å²) in [4.78, 5) is 13.6. The summed E-state index contributed by atoms with van der Waals surface area (Å²) in [6.45, 7) is 7.97. The Kier molecular flexibility index (Phi) is 7.30. The molecule has 2 nitrogen and oxygen atoms in total. The molecule has 22 heavy (non-hydrogen) atoms. The molecule has 2 rings (SSSR count). The van der Waals surface area contributed by atoms with Crippen molar-refractivity contribution in [1.29, 1.82) is 0 Å². The summed E-state index contributed by atoms with van der Waals surface area (Å²) in [5, 5.41) is 0. The summed E-state index contributed by atoms with van der Waals surface area (Å²) < 4.78 is 5.65. The van der Waals surface area contributed by atoms with Crippen LogP contribution in [0, 0.1) is 27.7 Å². The van der Waals surface area contributed by atoms with Crippen molar-refractivity contribution in [3.05, 3.63) is 58.7 Å². The SMILES string of the molecule is Cc1cccc(OP([O-])(=S)Sc2cccc(C)c2C)c1C.[Zn]. The molecule has 0 spiro atoms. The Bertz CT molecular complexity index is 662.